The quantitative estimate of drug-likeness (QED) is 0.868. The highest BCUT2D eigenvalue weighted by molar-refractivity contribution is 7.88. The van der Waals surface area contributed by atoms with E-state index in [4.69, 9.17) is 0 Å². The monoisotopic (exact) mass is 347 g/mol. The Hall–Kier alpha value is -2.25. The number of carbonyl (C=O) groups excluding carboxylic acids is 1. The van der Waals surface area contributed by atoms with Gasteiger partial charge in [0.15, 0.2) is 0 Å². The van der Waals surface area contributed by atoms with Gasteiger partial charge in [0.1, 0.15) is 5.82 Å². The largest absolute Gasteiger partial charge is 0.310 e. The summed E-state index contributed by atoms with van der Waals surface area (Å²) in [6, 6.07) is 10.8. The van der Waals surface area contributed by atoms with Gasteiger partial charge in [-0.2, -0.15) is 4.31 Å². The van der Waals surface area contributed by atoms with Gasteiger partial charge in [-0.3, -0.25) is 4.79 Å². The summed E-state index contributed by atoms with van der Waals surface area (Å²) in [5, 5.41) is 2.59. The lowest BCUT2D eigenvalue weighted by atomic mass is 10.1. The number of hydrogen-bond acceptors (Lipinski definition) is 4. The number of pyridine rings is 1. The van der Waals surface area contributed by atoms with Gasteiger partial charge >= 0.3 is 0 Å². The topological polar surface area (TPSA) is 79.4 Å². The average Bonchev–Trinajstić information content (AvgIpc) is 2.51. The van der Waals surface area contributed by atoms with Crippen molar-refractivity contribution in [3.63, 3.8) is 0 Å². The second kappa shape index (κ2) is 7.55. The highest BCUT2D eigenvalue weighted by atomic mass is 32.2. The van der Waals surface area contributed by atoms with Crippen LogP contribution >= 0.6 is 0 Å². The van der Waals surface area contributed by atoms with Gasteiger partial charge in [-0.15, -0.1) is 0 Å². The third kappa shape index (κ3) is 4.87. The molecule has 7 heteroatoms. The summed E-state index contributed by atoms with van der Waals surface area (Å²) in [5.74, 6) is -0.163. The molecule has 0 bridgehead atoms. The molecular formula is C17H21N3O3S. The maximum absolute atomic E-state index is 12.4. The van der Waals surface area contributed by atoms with Gasteiger partial charge in [0, 0.05) is 13.2 Å². The summed E-state index contributed by atoms with van der Waals surface area (Å²) in [6.07, 6.45) is 1.63. The number of aryl methyl sites for hydroxylation is 2. The van der Waals surface area contributed by atoms with E-state index in [1.54, 1.807) is 24.4 Å². The van der Waals surface area contributed by atoms with Crippen LogP contribution in [0.5, 0.6) is 0 Å². The van der Waals surface area contributed by atoms with Gasteiger partial charge in [-0.1, -0.05) is 30.3 Å². The Kier molecular flexibility index (Phi) is 5.69. The molecule has 0 radical (unpaired) electrons. The molecule has 0 atom stereocenters. The molecule has 2 aromatic rings. The van der Waals surface area contributed by atoms with E-state index in [-0.39, 0.29) is 12.3 Å². The number of benzene rings is 1. The lowest BCUT2D eigenvalue weighted by Crippen LogP contribution is -2.35. The molecule has 0 saturated heterocycles. The predicted molar refractivity (Wildman–Crippen MR) is 94.0 cm³/mol. The van der Waals surface area contributed by atoms with Crippen LogP contribution in [0, 0.1) is 13.8 Å². The molecule has 6 nitrogen and oxygen atoms in total. The molecule has 128 valence electrons. The van der Waals surface area contributed by atoms with Crippen molar-refractivity contribution in [3.8, 4) is 0 Å². The molecule has 0 aliphatic rings. The van der Waals surface area contributed by atoms with E-state index < -0.39 is 15.9 Å². The second-order valence-electron chi connectivity index (χ2n) is 5.71. The first-order valence-corrected chi connectivity index (χ1v) is 9.10. The Balaban J connectivity index is 1.99. The van der Waals surface area contributed by atoms with Crippen LogP contribution in [0.25, 0.3) is 0 Å². The zero-order valence-corrected chi connectivity index (χ0v) is 14.8. The Labute approximate surface area is 142 Å². The molecule has 0 aliphatic carbocycles. The lowest BCUT2D eigenvalue weighted by Gasteiger charge is -2.17. The number of anilines is 1. The minimum atomic E-state index is -3.58. The third-order valence-electron chi connectivity index (χ3n) is 3.62. The molecular weight excluding hydrogens is 326 g/mol. The number of sulfonamides is 1. The molecule has 24 heavy (non-hydrogen) atoms. The molecule has 2 rings (SSSR count). The first kappa shape index (κ1) is 18.1. The molecule has 1 aromatic heterocycles. The first-order chi connectivity index (χ1) is 11.3. The van der Waals surface area contributed by atoms with Gasteiger partial charge < -0.3 is 5.32 Å². The molecule has 1 aromatic carbocycles. The van der Waals surface area contributed by atoms with Gasteiger partial charge in [0.05, 0.1) is 12.3 Å². The molecule has 1 amide bonds. The molecule has 0 saturated carbocycles. The first-order valence-electron chi connectivity index (χ1n) is 7.49. The zero-order chi connectivity index (χ0) is 17.7. The number of nitrogens with zero attached hydrogens (tertiary/aromatic N) is 2. The van der Waals surface area contributed by atoms with Gasteiger partial charge in [0.25, 0.3) is 0 Å². The summed E-state index contributed by atoms with van der Waals surface area (Å²) >= 11 is 0. The molecule has 1 N–H and O–H groups in total. The van der Waals surface area contributed by atoms with E-state index >= 15 is 0 Å². The fraction of sp³-hybridized carbons (Fsp3) is 0.294. The number of hydrogen-bond donors (Lipinski definition) is 1. The Morgan fingerprint density at radius 2 is 1.88 bits per heavy atom. The van der Waals surface area contributed by atoms with Crippen LogP contribution in [0.4, 0.5) is 5.82 Å². The maximum atomic E-state index is 12.4. The number of amides is 1. The van der Waals surface area contributed by atoms with Crippen LogP contribution < -0.4 is 5.32 Å². The van der Waals surface area contributed by atoms with E-state index in [1.807, 2.05) is 32.0 Å². The van der Waals surface area contributed by atoms with Crippen LogP contribution in [0.3, 0.4) is 0 Å². The Bertz CT molecular complexity index is 817. The number of likely N-dealkylation sites (N-methyl/N-ethyl adjacent to an activating group) is 1. The number of aromatic nitrogens is 1. The summed E-state index contributed by atoms with van der Waals surface area (Å²) < 4.78 is 25.9. The number of carbonyl (C=O) groups is 1. The highest BCUT2D eigenvalue weighted by Crippen LogP contribution is 2.14. The Morgan fingerprint density at radius 1 is 1.17 bits per heavy atom. The van der Waals surface area contributed by atoms with Crippen LogP contribution in [0.2, 0.25) is 0 Å². The van der Waals surface area contributed by atoms with Crippen LogP contribution in [0.15, 0.2) is 42.6 Å². The summed E-state index contributed by atoms with van der Waals surface area (Å²) in [5.41, 5.74) is 2.61. The van der Waals surface area contributed by atoms with Crippen molar-refractivity contribution in [1.82, 2.24) is 9.29 Å². The number of nitrogens with one attached hydrogen (secondary N) is 1. The normalized spacial score (nSPS) is 11.5. The van der Waals surface area contributed by atoms with E-state index in [1.165, 1.54) is 7.05 Å². The second-order valence-corrected chi connectivity index (χ2v) is 7.78. The maximum Gasteiger partial charge on any atom is 0.240 e. The van der Waals surface area contributed by atoms with Gasteiger partial charge in [0.2, 0.25) is 15.9 Å². The van der Waals surface area contributed by atoms with Gasteiger partial charge in [-0.05, 0) is 36.6 Å². The van der Waals surface area contributed by atoms with Crippen molar-refractivity contribution in [3.05, 3.63) is 59.3 Å². The highest BCUT2D eigenvalue weighted by Gasteiger charge is 2.22. The summed E-state index contributed by atoms with van der Waals surface area (Å²) in [6.45, 7) is 3.49. The zero-order valence-electron chi connectivity index (χ0n) is 14.0. The summed E-state index contributed by atoms with van der Waals surface area (Å²) in [4.78, 5) is 16.1. The van der Waals surface area contributed by atoms with Crippen molar-refractivity contribution in [1.29, 1.82) is 0 Å². The van der Waals surface area contributed by atoms with Crippen molar-refractivity contribution >= 4 is 21.7 Å². The molecule has 1 heterocycles. The van der Waals surface area contributed by atoms with Crippen molar-refractivity contribution in [2.75, 3.05) is 18.9 Å². The van der Waals surface area contributed by atoms with E-state index in [0.717, 1.165) is 21.0 Å². The van der Waals surface area contributed by atoms with E-state index in [0.29, 0.717) is 5.82 Å². The third-order valence-corrected chi connectivity index (χ3v) is 5.37. The van der Waals surface area contributed by atoms with Crippen LogP contribution in [-0.2, 0) is 20.6 Å². The molecule has 0 aliphatic heterocycles. The van der Waals surface area contributed by atoms with Crippen molar-refractivity contribution in [2.45, 2.75) is 19.6 Å². The van der Waals surface area contributed by atoms with Crippen LogP contribution in [-0.4, -0.2) is 37.2 Å². The minimum absolute atomic E-state index is 0.133. The van der Waals surface area contributed by atoms with Gasteiger partial charge in [-0.25, -0.2) is 13.4 Å². The summed E-state index contributed by atoms with van der Waals surface area (Å²) in [7, 11) is -2.18. The predicted octanol–water partition coefficient (Wildman–Crippen LogP) is 2.10. The average molecular weight is 347 g/mol. The smallest absolute Gasteiger partial charge is 0.240 e. The molecule has 0 fully saturated rings. The van der Waals surface area contributed by atoms with E-state index in [2.05, 4.69) is 10.3 Å². The van der Waals surface area contributed by atoms with Crippen LogP contribution in [0.1, 0.15) is 16.7 Å². The number of rotatable bonds is 6. The van der Waals surface area contributed by atoms with E-state index in [9.17, 15) is 13.2 Å². The van der Waals surface area contributed by atoms with Crippen molar-refractivity contribution in [2.24, 2.45) is 0 Å². The van der Waals surface area contributed by atoms with Crippen molar-refractivity contribution < 1.29 is 13.2 Å². The molecule has 0 spiro atoms. The molecule has 0 unspecified atom stereocenters. The fourth-order valence-electron chi connectivity index (χ4n) is 2.10. The SMILES string of the molecule is Cc1ccc(NC(=O)CN(C)S(=O)(=O)Cc2ccccc2C)nc1. The fourth-order valence-corrected chi connectivity index (χ4v) is 3.35. The minimum Gasteiger partial charge on any atom is -0.310 e. The standard InChI is InChI=1S/C17H21N3O3S/c1-13-8-9-16(18-10-13)19-17(21)11-20(3)24(22,23)12-15-7-5-4-6-14(15)2/h4-10H,11-12H2,1-3H3,(H,18,19,21). The Morgan fingerprint density at radius 3 is 2.50 bits per heavy atom. The lowest BCUT2D eigenvalue weighted by molar-refractivity contribution is -0.116.